The fourth-order valence-electron chi connectivity index (χ4n) is 8.00. The van der Waals surface area contributed by atoms with Crippen LogP contribution in [0.15, 0.2) is 109 Å². The van der Waals surface area contributed by atoms with Crippen LogP contribution >= 0.6 is 0 Å². The fourth-order valence-corrected chi connectivity index (χ4v) is 8.00. The number of carbonyl (C=O) groups excluding carboxylic acids is 4. The van der Waals surface area contributed by atoms with Crippen molar-refractivity contribution in [2.75, 3.05) is 27.3 Å². The molecule has 0 saturated carbocycles. The van der Waals surface area contributed by atoms with Crippen molar-refractivity contribution in [1.82, 2.24) is 40.4 Å². The van der Waals surface area contributed by atoms with E-state index in [0.29, 0.717) is 41.6 Å². The van der Waals surface area contributed by atoms with Crippen molar-refractivity contribution >= 4 is 35.0 Å². The highest BCUT2D eigenvalue weighted by Crippen LogP contribution is 2.36. The Bertz CT molecular complexity index is 2560. The van der Waals surface area contributed by atoms with Crippen molar-refractivity contribution < 1.29 is 28.7 Å². The molecule has 0 radical (unpaired) electrons. The number of hydrogen-bond donors (Lipinski definition) is 4. The van der Waals surface area contributed by atoms with Gasteiger partial charge >= 0.3 is 12.2 Å². The third-order valence-electron chi connectivity index (χ3n) is 11.0. The molecule has 2 aliphatic heterocycles. The number of alkyl carbamates (subject to hydrolysis) is 2. The molecule has 4 aromatic carbocycles. The van der Waals surface area contributed by atoms with Gasteiger partial charge in [0.05, 0.1) is 43.5 Å². The summed E-state index contributed by atoms with van der Waals surface area (Å²) >= 11 is 0. The van der Waals surface area contributed by atoms with E-state index in [-0.39, 0.29) is 23.9 Å². The molecular formula is C46H44N8O6. The Morgan fingerprint density at radius 1 is 0.683 bits per heavy atom. The number of rotatable bonds is 9. The molecule has 0 bridgehead atoms. The van der Waals surface area contributed by atoms with Crippen LogP contribution in [-0.2, 0) is 19.1 Å². The number of amides is 4. The van der Waals surface area contributed by atoms with E-state index in [1.54, 1.807) is 28.1 Å². The third-order valence-corrected chi connectivity index (χ3v) is 11.0. The van der Waals surface area contributed by atoms with E-state index in [1.807, 2.05) is 84.9 Å². The van der Waals surface area contributed by atoms with Crippen LogP contribution in [0.5, 0.6) is 0 Å². The van der Waals surface area contributed by atoms with Crippen molar-refractivity contribution in [3.63, 3.8) is 0 Å². The van der Waals surface area contributed by atoms with Crippen LogP contribution in [-0.4, -0.2) is 81.0 Å². The van der Waals surface area contributed by atoms with Gasteiger partial charge in [0.15, 0.2) is 0 Å². The maximum Gasteiger partial charge on any atom is 0.407 e. The molecule has 4 N–H and O–H groups in total. The Kier molecular flexibility index (Phi) is 11.6. The highest BCUT2D eigenvalue weighted by atomic mass is 16.5. The zero-order valence-electron chi connectivity index (χ0n) is 33.2. The van der Waals surface area contributed by atoms with Crippen molar-refractivity contribution in [3.05, 3.63) is 143 Å². The van der Waals surface area contributed by atoms with Crippen molar-refractivity contribution in [3.8, 4) is 23.0 Å². The number of methoxy groups -OCH3 is 2. The number of benzene rings is 4. The Labute approximate surface area is 346 Å². The van der Waals surface area contributed by atoms with Crippen molar-refractivity contribution in [2.24, 2.45) is 0 Å². The Morgan fingerprint density at radius 3 is 1.80 bits per heavy atom. The average Bonchev–Trinajstić information content (AvgIpc) is 4.13. The smallest absolute Gasteiger partial charge is 0.407 e. The lowest BCUT2D eigenvalue weighted by Gasteiger charge is -2.28. The monoisotopic (exact) mass is 804 g/mol. The number of carbonyl (C=O) groups is 4. The number of imidazole rings is 2. The van der Waals surface area contributed by atoms with Gasteiger partial charge in [0, 0.05) is 18.7 Å². The van der Waals surface area contributed by atoms with Gasteiger partial charge in [0.1, 0.15) is 29.4 Å². The molecule has 0 aliphatic carbocycles. The number of ether oxygens (including phenoxy) is 2. The van der Waals surface area contributed by atoms with E-state index in [9.17, 15) is 19.2 Å². The number of hydrogen-bond acceptors (Lipinski definition) is 8. The molecule has 2 saturated heterocycles. The maximum atomic E-state index is 13.9. The van der Waals surface area contributed by atoms with Gasteiger partial charge < -0.3 is 39.9 Å². The summed E-state index contributed by atoms with van der Waals surface area (Å²) in [5.74, 6) is 7.27. The number of fused-ring (bicyclic) bond motifs is 1. The van der Waals surface area contributed by atoms with Gasteiger partial charge in [-0.15, -0.1) is 0 Å². The molecule has 14 nitrogen and oxygen atoms in total. The summed E-state index contributed by atoms with van der Waals surface area (Å²) in [6.45, 7) is 1.08. The summed E-state index contributed by atoms with van der Waals surface area (Å²) in [4.78, 5) is 72.0. The summed E-state index contributed by atoms with van der Waals surface area (Å²) in [5, 5.41) is 5.41. The number of aromatic amines is 2. The topological polar surface area (TPSA) is 175 Å². The van der Waals surface area contributed by atoms with Crippen LogP contribution in [0.25, 0.3) is 22.2 Å². The normalized spacial score (nSPS) is 17.0. The second kappa shape index (κ2) is 17.6. The summed E-state index contributed by atoms with van der Waals surface area (Å²) in [6.07, 6.45) is 3.39. The summed E-state index contributed by atoms with van der Waals surface area (Å²) in [7, 11) is 2.55. The predicted molar refractivity (Wildman–Crippen MR) is 223 cm³/mol. The molecule has 4 heterocycles. The number of H-pyrrole nitrogens is 2. The van der Waals surface area contributed by atoms with Gasteiger partial charge in [0.25, 0.3) is 11.8 Å². The minimum absolute atomic E-state index is 0.220. The molecule has 2 aliphatic rings. The predicted octanol–water partition coefficient (Wildman–Crippen LogP) is 6.87. The number of nitrogens with zero attached hydrogens (tertiary/aromatic N) is 4. The minimum atomic E-state index is -0.895. The molecule has 8 rings (SSSR count). The third kappa shape index (κ3) is 8.42. The molecule has 2 fully saturated rings. The quantitative estimate of drug-likeness (QED) is 0.115. The molecule has 304 valence electrons. The van der Waals surface area contributed by atoms with Gasteiger partial charge in [0.2, 0.25) is 0 Å². The van der Waals surface area contributed by atoms with Gasteiger partial charge in [-0.2, -0.15) is 0 Å². The van der Waals surface area contributed by atoms with Crippen molar-refractivity contribution in [2.45, 2.75) is 49.9 Å². The van der Waals surface area contributed by atoms with Gasteiger partial charge in [-0.25, -0.2) is 19.6 Å². The number of nitrogens with one attached hydrogen (secondary N) is 4. The molecule has 4 atom stereocenters. The second-order valence-electron chi connectivity index (χ2n) is 14.7. The first-order valence-corrected chi connectivity index (χ1v) is 19.9. The largest absolute Gasteiger partial charge is 0.453 e. The zero-order valence-corrected chi connectivity index (χ0v) is 33.2. The average molecular weight is 805 g/mol. The Hall–Kier alpha value is -7.40. The van der Waals surface area contributed by atoms with Crippen LogP contribution in [0, 0.1) is 11.8 Å². The van der Waals surface area contributed by atoms with Gasteiger partial charge in [-0.05, 0) is 78.1 Å². The first-order chi connectivity index (χ1) is 29.3. The van der Waals surface area contributed by atoms with Crippen LogP contribution < -0.4 is 10.6 Å². The summed E-state index contributed by atoms with van der Waals surface area (Å²) < 4.78 is 9.64. The standard InChI is InChI=1S/C46H44N8O6/c1-59-45(57)51-39(31-11-5-3-6-12-31)43(55)53-25-9-15-37(53)41-47-28-34(48-41)23-19-29-17-20-30(21-18-29)33-22-24-35-36(27-33)50-42(49-35)38-16-10-26-54(38)44(56)40(52-46(58)60-2)32-13-7-4-8-14-32/h3-8,11-14,17-18,20-22,24,27-28,37-40H,9-10,15-16,25-26H2,1-2H3,(H,47,48)(H,49,50)(H,51,57)(H,52,58)/t37-,38-,39+,40+/m0/s1. The highest BCUT2D eigenvalue weighted by Gasteiger charge is 2.38. The van der Waals surface area contributed by atoms with E-state index < -0.39 is 24.3 Å². The fraction of sp³-hybridized carbons (Fsp3) is 0.261. The minimum Gasteiger partial charge on any atom is -0.453 e. The molecule has 0 spiro atoms. The van der Waals surface area contributed by atoms with E-state index in [2.05, 4.69) is 43.5 Å². The molecule has 14 heteroatoms. The Morgan fingerprint density at radius 2 is 1.23 bits per heavy atom. The van der Waals surface area contributed by atoms with Crippen LogP contribution in [0.1, 0.15) is 83.9 Å². The van der Waals surface area contributed by atoms with Crippen molar-refractivity contribution in [1.29, 1.82) is 0 Å². The first-order valence-electron chi connectivity index (χ1n) is 19.9. The lowest BCUT2D eigenvalue weighted by molar-refractivity contribution is -0.135. The molecule has 4 amide bonds. The van der Waals surface area contributed by atoms with E-state index in [0.717, 1.165) is 53.4 Å². The van der Waals surface area contributed by atoms with Gasteiger partial charge in [-0.1, -0.05) is 84.8 Å². The summed E-state index contributed by atoms with van der Waals surface area (Å²) in [6, 6.07) is 29.9. The molecular weight excluding hydrogens is 761 g/mol. The number of likely N-dealkylation sites (tertiary alicyclic amines) is 2. The second-order valence-corrected chi connectivity index (χ2v) is 14.7. The zero-order chi connectivity index (χ0) is 41.6. The lowest BCUT2D eigenvalue weighted by Crippen LogP contribution is -2.42. The molecule has 2 aromatic heterocycles. The first kappa shape index (κ1) is 39.4. The molecule has 0 unspecified atom stereocenters. The molecule has 60 heavy (non-hydrogen) atoms. The van der Waals surface area contributed by atoms with Crippen LogP contribution in [0.2, 0.25) is 0 Å². The van der Waals surface area contributed by atoms with E-state index in [1.165, 1.54) is 14.2 Å². The van der Waals surface area contributed by atoms with Crippen LogP contribution in [0.4, 0.5) is 9.59 Å². The SMILES string of the molecule is COC(=O)N[C@@H](C(=O)N1CCC[C@H]1c1ncc(C#Cc2ccc(-c3ccc4nc([C@@H]5CCCN5C(=O)[C@H](NC(=O)OC)c5ccccc5)[nH]c4c3)cc2)[nH]1)c1ccccc1. The number of aromatic nitrogens is 4. The van der Waals surface area contributed by atoms with Crippen LogP contribution in [0.3, 0.4) is 0 Å². The molecule has 6 aromatic rings. The Balaban J connectivity index is 0.942. The van der Waals surface area contributed by atoms with Gasteiger partial charge in [-0.3, -0.25) is 9.59 Å². The van der Waals surface area contributed by atoms with E-state index in [4.69, 9.17) is 14.5 Å². The highest BCUT2D eigenvalue weighted by molar-refractivity contribution is 5.88. The van der Waals surface area contributed by atoms with E-state index >= 15 is 0 Å². The lowest BCUT2D eigenvalue weighted by atomic mass is 10.0. The maximum absolute atomic E-state index is 13.9. The summed E-state index contributed by atoms with van der Waals surface area (Å²) in [5.41, 5.74) is 6.42.